The summed E-state index contributed by atoms with van der Waals surface area (Å²) in [6, 6.07) is 9.75. The van der Waals surface area contributed by atoms with E-state index in [4.69, 9.17) is 0 Å². The van der Waals surface area contributed by atoms with Crippen molar-refractivity contribution in [3.05, 3.63) is 53.5 Å². The maximum Gasteiger partial charge on any atom is 0.0267 e. The van der Waals surface area contributed by atoms with Crippen molar-refractivity contribution in [3.8, 4) is 0 Å². The molecule has 0 N–H and O–H groups in total. The number of hydrogen-bond donors (Lipinski definition) is 0. The molecule has 58 valence electrons. The molecule has 0 aromatic carbocycles. The Hall–Kier alpha value is -0.527. The van der Waals surface area contributed by atoms with Crippen molar-refractivity contribution in [3.63, 3.8) is 0 Å². The van der Waals surface area contributed by atoms with Gasteiger partial charge in [-0.05, 0) is 22.9 Å². The minimum absolute atomic E-state index is 0. The molecular formula is C9H9NSZn. The molecule has 0 atom stereocenters. The van der Waals surface area contributed by atoms with Crippen LogP contribution >= 0.6 is 11.3 Å². The van der Waals surface area contributed by atoms with Crippen LogP contribution in [0.4, 0.5) is 0 Å². The van der Waals surface area contributed by atoms with E-state index < -0.39 is 0 Å². The molecule has 0 aliphatic heterocycles. The summed E-state index contributed by atoms with van der Waals surface area (Å²) in [4.78, 5) is 3.78. The van der Waals surface area contributed by atoms with Crippen LogP contribution in [0.25, 0.3) is 0 Å². The van der Waals surface area contributed by atoms with Gasteiger partial charge in [0, 0.05) is 31.9 Å². The zero-order valence-electron chi connectivity index (χ0n) is 6.76. The van der Waals surface area contributed by atoms with Crippen LogP contribution in [0.15, 0.2) is 53.5 Å². The van der Waals surface area contributed by atoms with Gasteiger partial charge in [0.15, 0.2) is 0 Å². The summed E-state index contributed by atoms with van der Waals surface area (Å²) < 4.78 is 0. The molecule has 0 bridgehead atoms. The average molecular weight is 229 g/mol. The SMILES string of the molecule is [Zn].c1ccncc1.c1ccsc1. The smallest absolute Gasteiger partial charge is 0.0267 e. The first-order valence-corrected chi connectivity index (χ1v) is 4.26. The van der Waals surface area contributed by atoms with E-state index >= 15 is 0 Å². The summed E-state index contributed by atoms with van der Waals surface area (Å²) in [6.45, 7) is 0. The van der Waals surface area contributed by atoms with Crippen LogP contribution in [0, 0.1) is 0 Å². The molecule has 0 aliphatic rings. The normalized spacial score (nSPS) is 7.33. The summed E-state index contributed by atoms with van der Waals surface area (Å²) >= 11 is 1.71. The first-order valence-electron chi connectivity index (χ1n) is 3.32. The van der Waals surface area contributed by atoms with Gasteiger partial charge in [0.1, 0.15) is 0 Å². The van der Waals surface area contributed by atoms with Crippen molar-refractivity contribution in [2.45, 2.75) is 0 Å². The van der Waals surface area contributed by atoms with Crippen LogP contribution in [0.1, 0.15) is 0 Å². The maximum absolute atomic E-state index is 3.78. The van der Waals surface area contributed by atoms with Crippen molar-refractivity contribution < 1.29 is 19.5 Å². The molecule has 3 heteroatoms. The molecule has 2 heterocycles. The molecule has 0 aliphatic carbocycles. The molecule has 12 heavy (non-hydrogen) atoms. The second kappa shape index (κ2) is 8.57. The number of rotatable bonds is 0. The van der Waals surface area contributed by atoms with Gasteiger partial charge in [0.05, 0.1) is 0 Å². The van der Waals surface area contributed by atoms with Crippen molar-refractivity contribution in [2.24, 2.45) is 0 Å². The van der Waals surface area contributed by atoms with Gasteiger partial charge in [-0.1, -0.05) is 18.2 Å². The Morgan fingerprint density at radius 2 is 1.33 bits per heavy atom. The summed E-state index contributed by atoms with van der Waals surface area (Å²) in [5, 5.41) is 4.08. The third kappa shape index (κ3) is 6.20. The topological polar surface area (TPSA) is 12.9 Å². The van der Waals surface area contributed by atoms with Gasteiger partial charge in [0.25, 0.3) is 0 Å². The Balaban J connectivity index is 0.000000189. The fourth-order valence-electron chi connectivity index (χ4n) is 0.539. The molecule has 0 saturated heterocycles. The Kier molecular flexibility index (Phi) is 8.19. The van der Waals surface area contributed by atoms with Crippen LogP contribution < -0.4 is 0 Å². The first kappa shape index (κ1) is 11.5. The number of pyridine rings is 1. The Morgan fingerprint density at radius 3 is 1.50 bits per heavy atom. The van der Waals surface area contributed by atoms with E-state index in [1.165, 1.54) is 0 Å². The van der Waals surface area contributed by atoms with Gasteiger partial charge in [-0.25, -0.2) is 0 Å². The largest absolute Gasteiger partial charge is 0.265 e. The van der Waals surface area contributed by atoms with Crippen molar-refractivity contribution in [1.29, 1.82) is 0 Å². The molecule has 0 saturated carbocycles. The Labute approximate surface area is 89.2 Å². The molecule has 0 spiro atoms. The maximum atomic E-state index is 3.78. The van der Waals surface area contributed by atoms with Gasteiger partial charge in [-0.2, -0.15) is 11.3 Å². The first-order chi connectivity index (χ1) is 5.50. The molecule has 2 rings (SSSR count). The predicted molar refractivity (Wildman–Crippen MR) is 48.6 cm³/mol. The minimum Gasteiger partial charge on any atom is -0.265 e. The van der Waals surface area contributed by atoms with E-state index in [2.05, 4.69) is 4.98 Å². The van der Waals surface area contributed by atoms with E-state index in [9.17, 15) is 0 Å². The molecule has 1 nitrogen and oxygen atoms in total. The van der Waals surface area contributed by atoms with Crippen LogP contribution in [0.3, 0.4) is 0 Å². The monoisotopic (exact) mass is 227 g/mol. The van der Waals surface area contributed by atoms with E-state index in [1.807, 2.05) is 41.1 Å². The summed E-state index contributed by atoms with van der Waals surface area (Å²) in [5.41, 5.74) is 0. The Morgan fingerprint density at radius 1 is 0.750 bits per heavy atom. The molecule has 0 amide bonds. The third-order valence-corrected chi connectivity index (χ3v) is 1.62. The number of nitrogens with zero attached hydrogens (tertiary/aromatic N) is 1. The van der Waals surface area contributed by atoms with Gasteiger partial charge < -0.3 is 0 Å². The van der Waals surface area contributed by atoms with E-state index in [0.717, 1.165) is 0 Å². The van der Waals surface area contributed by atoms with Gasteiger partial charge in [-0.3, -0.25) is 4.98 Å². The fourth-order valence-corrected chi connectivity index (χ4v) is 0.993. The second-order valence-electron chi connectivity index (χ2n) is 1.82. The molecular weight excluding hydrogens is 220 g/mol. The van der Waals surface area contributed by atoms with Crippen LogP contribution in [0.2, 0.25) is 0 Å². The molecule has 2 aromatic heterocycles. The molecule has 0 fully saturated rings. The quantitative estimate of drug-likeness (QED) is 0.632. The van der Waals surface area contributed by atoms with Crippen molar-refractivity contribution in [2.75, 3.05) is 0 Å². The van der Waals surface area contributed by atoms with Gasteiger partial charge in [-0.15, -0.1) is 0 Å². The minimum atomic E-state index is 0. The summed E-state index contributed by atoms with van der Waals surface area (Å²) in [7, 11) is 0. The van der Waals surface area contributed by atoms with Crippen LogP contribution in [-0.2, 0) is 19.5 Å². The number of thiophene rings is 1. The van der Waals surface area contributed by atoms with E-state index in [0.29, 0.717) is 0 Å². The second-order valence-corrected chi connectivity index (χ2v) is 2.63. The fraction of sp³-hybridized carbons (Fsp3) is 0. The van der Waals surface area contributed by atoms with Crippen LogP contribution in [-0.4, -0.2) is 4.98 Å². The third-order valence-electron chi connectivity index (χ3n) is 0.992. The average Bonchev–Trinajstić information content (AvgIpc) is 2.64. The predicted octanol–water partition coefficient (Wildman–Crippen LogP) is 2.83. The van der Waals surface area contributed by atoms with Crippen molar-refractivity contribution in [1.82, 2.24) is 4.98 Å². The zero-order valence-corrected chi connectivity index (χ0v) is 10.5. The Bertz CT molecular complexity index is 200. The molecule has 2 aromatic rings. The van der Waals surface area contributed by atoms with Crippen molar-refractivity contribution >= 4 is 11.3 Å². The number of hydrogen-bond acceptors (Lipinski definition) is 2. The summed E-state index contributed by atoms with van der Waals surface area (Å²) in [5.74, 6) is 0. The van der Waals surface area contributed by atoms with E-state index in [1.54, 1.807) is 23.7 Å². The standard InChI is InChI=1S/C5H5N.C4H4S.Zn/c1-2-4-6-5-3-1;1-2-4-5-3-1;/h1-5H;1-4H;. The zero-order chi connectivity index (χ0) is 7.78. The van der Waals surface area contributed by atoms with E-state index in [-0.39, 0.29) is 19.5 Å². The van der Waals surface area contributed by atoms with Gasteiger partial charge >= 0.3 is 0 Å². The number of aromatic nitrogens is 1. The van der Waals surface area contributed by atoms with Gasteiger partial charge in [0.2, 0.25) is 0 Å². The van der Waals surface area contributed by atoms with Crippen LogP contribution in [0.5, 0.6) is 0 Å². The molecule has 0 radical (unpaired) electrons. The molecule has 0 unspecified atom stereocenters. The summed E-state index contributed by atoms with van der Waals surface area (Å²) in [6.07, 6.45) is 3.50.